The summed E-state index contributed by atoms with van der Waals surface area (Å²) in [6.45, 7) is 0.350. The highest BCUT2D eigenvalue weighted by Gasteiger charge is 2.19. The minimum Gasteiger partial charge on any atom is -0.350 e. The highest BCUT2D eigenvalue weighted by Crippen LogP contribution is 2.25. The Morgan fingerprint density at radius 2 is 1.87 bits per heavy atom. The van der Waals surface area contributed by atoms with Crippen molar-refractivity contribution < 1.29 is 9.18 Å². The number of carbonyl (C=O) groups excluding carboxylic acids is 1. The number of halogens is 3. The van der Waals surface area contributed by atoms with Gasteiger partial charge in [-0.1, -0.05) is 41.4 Å². The third-order valence-electron chi connectivity index (χ3n) is 3.52. The topological polar surface area (TPSA) is 32.3 Å². The van der Waals surface area contributed by atoms with E-state index in [0.717, 1.165) is 11.6 Å². The Labute approximate surface area is 145 Å². The fourth-order valence-corrected chi connectivity index (χ4v) is 2.79. The SMILES string of the molecule is CN(C)[C@@H](CNC(=O)c1ccc(F)cc1Cl)c1ccccc1Cl. The highest BCUT2D eigenvalue weighted by atomic mass is 35.5. The number of carbonyl (C=O) groups is 1. The number of hydrogen-bond acceptors (Lipinski definition) is 2. The predicted molar refractivity (Wildman–Crippen MR) is 91.6 cm³/mol. The number of likely N-dealkylation sites (N-methyl/N-ethyl adjacent to an activating group) is 1. The lowest BCUT2D eigenvalue weighted by molar-refractivity contribution is 0.0942. The van der Waals surface area contributed by atoms with E-state index in [9.17, 15) is 9.18 Å². The second-order valence-corrected chi connectivity index (χ2v) is 6.15. The number of hydrogen-bond donors (Lipinski definition) is 1. The van der Waals surface area contributed by atoms with Crippen LogP contribution < -0.4 is 5.32 Å². The first-order chi connectivity index (χ1) is 10.9. The summed E-state index contributed by atoms with van der Waals surface area (Å²) in [5, 5.41) is 3.54. The lowest BCUT2D eigenvalue weighted by Gasteiger charge is -2.26. The summed E-state index contributed by atoms with van der Waals surface area (Å²) in [5.41, 5.74) is 1.16. The first-order valence-corrected chi connectivity index (χ1v) is 7.80. The number of nitrogens with zero attached hydrogens (tertiary/aromatic N) is 1. The van der Waals surface area contributed by atoms with E-state index in [1.165, 1.54) is 12.1 Å². The number of benzene rings is 2. The van der Waals surface area contributed by atoms with Crippen LogP contribution >= 0.6 is 23.2 Å². The van der Waals surface area contributed by atoms with Crippen LogP contribution in [0.25, 0.3) is 0 Å². The maximum atomic E-state index is 13.1. The highest BCUT2D eigenvalue weighted by molar-refractivity contribution is 6.33. The monoisotopic (exact) mass is 354 g/mol. The molecule has 0 bridgehead atoms. The molecule has 0 aliphatic rings. The van der Waals surface area contributed by atoms with E-state index >= 15 is 0 Å². The first-order valence-electron chi connectivity index (χ1n) is 7.04. The number of amides is 1. The van der Waals surface area contributed by atoms with Gasteiger partial charge in [-0.05, 0) is 43.9 Å². The molecule has 0 spiro atoms. The zero-order valence-corrected chi connectivity index (χ0v) is 14.3. The van der Waals surface area contributed by atoms with Gasteiger partial charge in [-0.15, -0.1) is 0 Å². The second-order valence-electron chi connectivity index (χ2n) is 5.34. The van der Waals surface area contributed by atoms with Crippen LogP contribution in [0.1, 0.15) is 22.0 Å². The van der Waals surface area contributed by atoms with Gasteiger partial charge in [-0.25, -0.2) is 4.39 Å². The molecule has 1 amide bonds. The van der Waals surface area contributed by atoms with Gasteiger partial charge >= 0.3 is 0 Å². The molecule has 0 aliphatic carbocycles. The summed E-state index contributed by atoms with van der Waals surface area (Å²) in [7, 11) is 3.82. The van der Waals surface area contributed by atoms with Crippen molar-refractivity contribution in [2.24, 2.45) is 0 Å². The summed E-state index contributed by atoms with van der Waals surface area (Å²) in [6, 6.07) is 11.1. The summed E-state index contributed by atoms with van der Waals surface area (Å²) in [6.07, 6.45) is 0. The van der Waals surface area contributed by atoms with Crippen molar-refractivity contribution in [2.45, 2.75) is 6.04 Å². The van der Waals surface area contributed by atoms with Crippen LogP contribution in [0.4, 0.5) is 4.39 Å². The molecule has 2 rings (SSSR count). The van der Waals surface area contributed by atoms with E-state index in [1.54, 1.807) is 0 Å². The van der Waals surface area contributed by atoms with Crippen LogP contribution in [0.15, 0.2) is 42.5 Å². The number of nitrogens with one attached hydrogen (secondary N) is 1. The van der Waals surface area contributed by atoms with Gasteiger partial charge in [0.2, 0.25) is 0 Å². The summed E-state index contributed by atoms with van der Waals surface area (Å²) < 4.78 is 13.1. The maximum absolute atomic E-state index is 13.1. The normalized spacial score (nSPS) is 12.3. The van der Waals surface area contributed by atoms with Crippen molar-refractivity contribution >= 4 is 29.1 Å². The van der Waals surface area contributed by atoms with Crippen LogP contribution in [0.2, 0.25) is 10.0 Å². The van der Waals surface area contributed by atoms with Gasteiger partial charge in [-0.2, -0.15) is 0 Å². The van der Waals surface area contributed by atoms with Gasteiger partial charge in [0.15, 0.2) is 0 Å². The average molecular weight is 355 g/mol. The molecule has 0 heterocycles. The molecule has 1 N–H and O–H groups in total. The summed E-state index contributed by atoms with van der Waals surface area (Å²) in [4.78, 5) is 14.2. The molecule has 0 fully saturated rings. The zero-order chi connectivity index (χ0) is 17.0. The first kappa shape index (κ1) is 17.7. The smallest absolute Gasteiger partial charge is 0.252 e. The van der Waals surface area contributed by atoms with Crippen molar-refractivity contribution in [3.05, 3.63) is 69.5 Å². The van der Waals surface area contributed by atoms with E-state index in [2.05, 4.69) is 5.32 Å². The molecular weight excluding hydrogens is 338 g/mol. The largest absolute Gasteiger partial charge is 0.350 e. The van der Waals surface area contributed by atoms with Crippen molar-refractivity contribution in [1.29, 1.82) is 0 Å². The molecule has 6 heteroatoms. The van der Waals surface area contributed by atoms with Gasteiger partial charge in [0, 0.05) is 11.6 Å². The maximum Gasteiger partial charge on any atom is 0.252 e. The Balaban J connectivity index is 2.13. The van der Waals surface area contributed by atoms with Crippen molar-refractivity contribution in [3.63, 3.8) is 0 Å². The molecule has 2 aromatic rings. The van der Waals surface area contributed by atoms with Gasteiger partial charge in [0.05, 0.1) is 16.6 Å². The van der Waals surface area contributed by atoms with E-state index in [1.807, 2.05) is 43.3 Å². The molecule has 0 unspecified atom stereocenters. The second kappa shape index (κ2) is 7.77. The molecule has 0 saturated heterocycles. The molecule has 1 atom stereocenters. The van der Waals surface area contributed by atoms with Crippen molar-refractivity contribution in [3.8, 4) is 0 Å². The van der Waals surface area contributed by atoms with Crippen LogP contribution in [0.5, 0.6) is 0 Å². The van der Waals surface area contributed by atoms with Crippen LogP contribution in [0, 0.1) is 5.82 Å². The third-order valence-corrected chi connectivity index (χ3v) is 4.18. The predicted octanol–water partition coefficient (Wildman–Crippen LogP) is 4.17. The summed E-state index contributed by atoms with van der Waals surface area (Å²) >= 11 is 12.1. The van der Waals surface area contributed by atoms with E-state index in [4.69, 9.17) is 23.2 Å². The van der Waals surface area contributed by atoms with Crippen LogP contribution in [-0.2, 0) is 0 Å². The Kier molecular flexibility index (Phi) is 5.99. The summed E-state index contributed by atoms with van der Waals surface area (Å²) in [5.74, 6) is -0.831. The standard InChI is InChI=1S/C17H17Cl2FN2O/c1-22(2)16(12-5-3-4-6-14(12)18)10-21-17(23)13-8-7-11(20)9-15(13)19/h3-9,16H,10H2,1-2H3,(H,21,23)/t16-/m0/s1. The Hall–Kier alpha value is -1.62. The minimum absolute atomic E-state index is 0.0849. The zero-order valence-electron chi connectivity index (χ0n) is 12.8. The van der Waals surface area contributed by atoms with E-state index in [0.29, 0.717) is 11.6 Å². The molecule has 0 radical (unpaired) electrons. The van der Waals surface area contributed by atoms with Crippen LogP contribution in [0.3, 0.4) is 0 Å². The average Bonchev–Trinajstić information content (AvgIpc) is 2.48. The Bertz CT molecular complexity index is 707. The molecular formula is C17H17Cl2FN2O. The lowest BCUT2D eigenvalue weighted by Crippen LogP contribution is -2.34. The Morgan fingerprint density at radius 1 is 1.17 bits per heavy atom. The molecule has 0 aliphatic heterocycles. The molecule has 0 saturated carbocycles. The van der Waals surface area contributed by atoms with Crippen LogP contribution in [-0.4, -0.2) is 31.4 Å². The lowest BCUT2D eigenvalue weighted by atomic mass is 10.1. The quantitative estimate of drug-likeness (QED) is 0.873. The van der Waals surface area contributed by atoms with Gasteiger partial charge in [0.25, 0.3) is 5.91 Å². The molecule has 122 valence electrons. The van der Waals surface area contributed by atoms with Gasteiger partial charge < -0.3 is 10.2 Å². The van der Waals surface area contributed by atoms with E-state index in [-0.39, 0.29) is 22.5 Å². The molecule has 23 heavy (non-hydrogen) atoms. The molecule has 3 nitrogen and oxygen atoms in total. The fraction of sp³-hybridized carbons (Fsp3) is 0.235. The van der Waals surface area contributed by atoms with E-state index < -0.39 is 5.82 Å². The van der Waals surface area contributed by atoms with Crippen molar-refractivity contribution in [2.75, 3.05) is 20.6 Å². The Morgan fingerprint density at radius 3 is 2.48 bits per heavy atom. The fourth-order valence-electron chi connectivity index (χ4n) is 2.27. The number of rotatable bonds is 5. The molecule has 2 aromatic carbocycles. The van der Waals surface area contributed by atoms with Gasteiger partial charge in [0.1, 0.15) is 5.82 Å². The van der Waals surface area contributed by atoms with Crippen molar-refractivity contribution in [1.82, 2.24) is 10.2 Å². The molecule has 0 aromatic heterocycles. The third kappa shape index (κ3) is 4.44. The van der Waals surface area contributed by atoms with Gasteiger partial charge in [-0.3, -0.25) is 4.79 Å². The minimum atomic E-state index is -0.478.